The van der Waals surface area contributed by atoms with Crippen LogP contribution >= 0.6 is 11.6 Å². The molecule has 1 N–H and O–H groups in total. The zero-order chi connectivity index (χ0) is 22.1. The molecule has 5 nitrogen and oxygen atoms in total. The minimum absolute atomic E-state index is 0.0174. The Morgan fingerprint density at radius 1 is 1.00 bits per heavy atom. The average molecular weight is 434 g/mol. The van der Waals surface area contributed by atoms with Crippen LogP contribution in [-0.2, 0) is 9.59 Å². The van der Waals surface area contributed by atoms with Gasteiger partial charge < -0.3 is 9.84 Å². The van der Waals surface area contributed by atoms with E-state index in [-0.39, 0.29) is 11.3 Å². The molecule has 0 saturated carbocycles. The number of carbonyl (C=O) groups is 2. The summed E-state index contributed by atoms with van der Waals surface area (Å²) in [5.41, 5.74) is 2.55. The molecule has 156 valence electrons. The first-order chi connectivity index (χ1) is 14.9. The molecule has 1 fully saturated rings. The summed E-state index contributed by atoms with van der Waals surface area (Å²) in [4.78, 5) is 27.7. The minimum Gasteiger partial charge on any atom is -0.507 e. The first-order valence-corrected chi connectivity index (χ1v) is 10.1. The molecule has 1 aliphatic rings. The van der Waals surface area contributed by atoms with E-state index in [1.54, 1.807) is 48.5 Å². The highest BCUT2D eigenvalue weighted by atomic mass is 35.5. The third kappa shape index (κ3) is 3.68. The summed E-state index contributed by atoms with van der Waals surface area (Å²) in [6.45, 7) is 1.93. The number of hydrogen-bond donors (Lipinski definition) is 1. The van der Waals surface area contributed by atoms with E-state index in [1.165, 1.54) is 12.0 Å². The molecule has 1 atom stereocenters. The predicted octanol–water partition coefficient (Wildman–Crippen LogP) is 5.28. The van der Waals surface area contributed by atoms with Crippen molar-refractivity contribution < 1.29 is 19.4 Å². The van der Waals surface area contributed by atoms with E-state index < -0.39 is 17.7 Å². The van der Waals surface area contributed by atoms with E-state index in [9.17, 15) is 14.7 Å². The summed E-state index contributed by atoms with van der Waals surface area (Å²) < 4.78 is 5.44. The van der Waals surface area contributed by atoms with Crippen molar-refractivity contribution in [1.29, 1.82) is 0 Å². The Morgan fingerprint density at radius 2 is 1.71 bits per heavy atom. The fourth-order valence-electron chi connectivity index (χ4n) is 3.83. The average Bonchev–Trinajstić information content (AvgIpc) is 3.04. The molecule has 0 bridgehead atoms. The Kier molecular flexibility index (Phi) is 5.53. The van der Waals surface area contributed by atoms with E-state index in [4.69, 9.17) is 16.3 Å². The molecular weight excluding hydrogens is 414 g/mol. The van der Waals surface area contributed by atoms with Crippen LogP contribution in [0, 0.1) is 6.92 Å². The highest BCUT2D eigenvalue weighted by Crippen LogP contribution is 2.44. The molecule has 0 spiro atoms. The van der Waals surface area contributed by atoms with Gasteiger partial charge in [-0.3, -0.25) is 14.5 Å². The maximum atomic E-state index is 13.2. The van der Waals surface area contributed by atoms with Crippen molar-refractivity contribution in [2.24, 2.45) is 0 Å². The Hall–Kier alpha value is -3.57. The zero-order valence-electron chi connectivity index (χ0n) is 17.0. The van der Waals surface area contributed by atoms with E-state index in [0.717, 1.165) is 5.56 Å². The smallest absolute Gasteiger partial charge is 0.300 e. The van der Waals surface area contributed by atoms with Gasteiger partial charge >= 0.3 is 0 Å². The van der Waals surface area contributed by atoms with Gasteiger partial charge in [0, 0.05) is 10.6 Å². The molecule has 3 aromatic carbocycles. The van der Waals surface area contributed by atoms with Crippen molar-refractivity contribution in [2.75, 3.05) is 12.0 Å². The molecule has 1 heterocycles. The number of halogens is 1. The molecule has 1 aliphatic heterocycles. The predicted molar refractivity (Wildman–Crippen MR) is 120 cm³/mol. The number of nitrogens with zero attached hydrogens (tertiary/aromatic N) is 1. The number of amides is 1. The summed E-state index contributed by atoms with van der Waals surface area (Å²) in [6.07, 6.45) is 0. The molecule has 1 amide bonds. The van der Waals surface area contributed by atoms with Crippen LogP contribution in [0.15, 0.2) is 78.4 Å². The number of rotatable bonds is 4. The van der Waals surface area contributed by atoms with Crippen LogP contribution < -0.4 is 9.64 Å². The Balaban J connectivity index is 1.98. The van der Waals surface area contributed by atoms with Gasteiger partial charge in [-0.2, -0.15) is 0 Å². The van der Waals surface area contributed by atoms with Crippen molar-refractivity contribution in [3.05, 3.63) is 100 Å². The lowest BCUT2D eigenvalue weighted by Crippen LogP contribution is -2.29. The van der Waals surface area contributed by atoms with Gasteiger partial charge in [0.1, 0.15) is 11.5 Å². The summed E-state index contributed by atoms with van der Waals surface area (Å²) in [7, 11) is 1.50. The van der Waals surface area contributed by atoms with Crippen molar-refractivity contribution >= 4 is 34.7 Å². The van der Waals surface area contributed by atoms with Crippen molar-refractivity contribution in [3.8, 4) is 5.75 Å². The highest BCUT2D eigenvalue weighted by molar-refractivity contribution is 6.52. The summed E-state index contributed by atoms with van der Waals surface area (Å²) in [5.74, 6) is -1.29. The number of aryl methyl sites for hydroxylation is 1. The van der Waals surface area contributed by atoms with Crippen LogP contribution in [0.3, 0.4) is 0 Å². The number of aliphatic hydroxyl groups excluding tert-OH is 1. The number of methoxy groups -OCH3 is 1. The molecule has 4 rings (SSSR count). The summed E-state index contributed by atoms with van der Waals surface area (Å²) in [5, 5.41) is 11.6. The molecule has 1 unspecified atom stereocenters. The van der Waals surface area contributed by atoms with Crippen molar-refractivity contribution in [2.45, 2.75) is 13.0 Å². The highest BCUT2D eigenvalue weighted by Gasteiger charge is 2.47. The number of aliphatic hydroxyl groups is 1. The SMILES string of the molecule is COc1ccccc1N1C(=O)C(=O)/C(=C(\O)c2ccc(Cl)cc2)C1c1cccc(C)c1. The number of carbonyl (C=O) groups excluding carboxylic acids is 2. The number of ether oxygens (including phenoxy) is 1. The van der Waals surface area contributed by atoms with Gasteiger partial charge in [-0.15, -0.1) is 0 Å². The Morgan fingerprint density at radius 3 is 2.39 bits per heavy atom. The maximum Gasteiger partial charge on any atom is 0.300 e. The van der Waals surface area contributed by atoms with Crippen molar-refractivity contribution in [3.63, 3.8) is 0 Å². The van der Waals surface area contributed by atoms with Gasteiger partial charge in [0.05, 0.1) is 24.4 Å². The Labute approximate surface area is 185 Å². The first kappa shape index (κ1) is 20.7. The molecule has 0 aromatic heterocycles. The van der Waals surface area contributed by atoms with Crippen molar-refractivity contribution in [1.82, 2.24) is 0 Å². The van der Waals surface area contributed by atoms with Gasteiger partial charge in [-0.1, -0.05) is 53.6 Å². The van der Waals surface area contributed by atoms with Crippen LogP contribution in [0.5, 0.6) is 5.75 Å². The maximum absolute atomic E-state index is 13.2. The number of hydrogen-bond acceptors (Lipinski definition) is 4. The van der Waals surface area contributed by atoms with Gasteiger partial charge in [0.25, 0.3) is 11.7 Å². The number of ketones is 1. The summed E-state index contributed by atoms with van der Waals surface area (Å²) >= 11 is 5.97. The standard InChI is InChI=1S/C25H20ClNO4/c1-15-6-5-7-17(14-15)22-21(23(28)16-10-12-18(26)13-11-16)24(29)25(30)27(22)19-8-3-4-9-20(19)31-2/h3-14,22,28H,1-2H3/b23-21-. The number of para-hydroxylation sites is 2. The molecule has 3 aromatic rings. The van der Waals surface area contributed by atoms with Crippen LogP contribution in [0.25, 0.3) is 5.76 Å². The van der Waals surface area contributed by atoms with Crippen LogP contribution in [0.1, 0.15) is 22.7 Å². The first-order valence-electron chi connectivity index (χ1n) is 9.69. The van der Waals surface area contributed by atoms with Crippen LogP contribution in [0.2, 0.25) is 5.02 Å². The summed E-state index contributed by atoms with van der Waals surface area (Å²) in [6, 6.07) is 20.2. The molecular formula is C25H20ClNO4. The largest absolute Gasteiger partial charge is 0.507 e. The lowest BCUT2D eigenvalue weighted by Gasteiger charge is -2.27. The second kappa shape index (κ2) is 8.28. The Bertz CT molecular complexity index is 1200. The molecule has 1 saturated heterocycles. The topological polar surface area (TPSA) is 66.8 Å². The van der Waals surface area contributed by atoms with Gasteiger partial charge in [0.2, 0.25) is 0 Å². The zero-order valence-corrected chi connectivity index (χ0v) is 17.8. The lowest BCUT2D eigenvalue weighted by atomic mass is 9.94. The van der Waals surface area contributed by atoms with Gasteiger partial charge in [0.15, 0.2) is 0 Å². The van der Waals surface area contributed by atoms with Crippen LogP contribution in [-0.4, -0.2) is 23.9 Å². The minimum atomic E-state index is -0.813. The third-order valence-electron chi connectivity index (χ3n) is 5.26. The monoisotopic (exact) mass is 433 g/mol. The lowest BCUT2D eigenvalue weighted by molar-refractivity contribution is -0.132. The van der Waals surface area contributed by atoms with E-state index in [2.05, 4.69) is 0 Å². The molecule has 0 radical (unpaired) electrons. The fraction of sp³-hybridized carbons (Fsp3) is 0.120. The fourth-order valence-corrected chi connectivity index (χ4v) is 3.95. The number of benzene rings is 3. The van der Waals surface area contributed by atoms with E-state index in [1.807, 2.05) is 31.2 Å². The molecule has 6 heteroatoms. The van der Waals surface area contributed by atoms with Crippen LogP contribution in [0.4, 0.5) is 5.69 Å². The molecule has 31 heavy (non-hydrogen) atoms. The molecule has 0 aliphatic carbocycles. The van der Waals surface area contributed by atoms with E-state index >= 15 is 0 Å². The second-order valence-corrected chi connectivity index (χ2v) is 7.70. The number of anilines is 1. The number of Topliss-reactive ketones (excluding diaryl/α,β-unsaturated/α-hetero) is 1. The van der Waals surface area contributed by atoms with Gasteiger partial charge in [-0.25, -0.2) is 0 Å². The van der Waals surface area contributed by atoms with E-state index in [0.29, 0.717) is 27.6 Å². The normalized spacial score (nSPS) is 17.8. The third-order valence-corrected chi connectivity index (χ3v) is 5.52. The quantitative estimate of drug-likeness (QED) is 0.345. The van der Waals surface area contributed by atoms with Gasteiger partial charge in [-0.05, 0) is 48.9 Å². The second-order valence-electron chi connectivity index (χ2n) is 7.26.